The van der Waals surface area contributed by atoms with E-state index in [0.717, 1.165) is 16.8 Å². The number of benzene rings is 1. The van der Waals surface area contributed by atoms with Gasteiger partial charge in [-0.15, -0.1) is 0 Å². The van der Waals surface area contributed by atoms with Crippen LogP contribution >= 0.6 is 0 Å². The molecule has 0 aliphatic carbocycles. The Balaban J connectivity index is 2.09. The summed E-state index contributed by atoms with van der Waals surface area (Å²) in [7, 11) is 0. The average molecular weight is 462 g/mol. The Morgan fingerprint density at radius 2 is 2.03 bits per heavy atom. The van der Waals surface area contributed by atoms with Crippen molar-refractivity contribution in [3.05, 3.63) is 88.5 Å². The van der Waals surface area contributed by atoms with Crippen molar-refractivity contribution in [1.82, 2.24) is 9.88 Å². The molecule has 0 atom stereocenters. The SMILES string of the molecule is CC(C)CNC(=O)c1cn(-c2cccc(C(C=CCC(C)(C)O)=CN)c2)c2[nH+]cccc2c1=O. The number of H-pyrrole nitrogens is 1. The van der Waals surface area contributed by atoms with Gasteiger partial charge in [-0.1, -0.05) is 38.1 Å². The van der Waals surface area contributed by atoms with Crippen LogP contribution in [-0.2, 0) is 0 Å². The highest BCUT2D eigenvalue weighted by Crippen LogP contribution is 2.22. The maximum atomic E-state index is 13.1. The Morgan fingerprint density at radius 1 is 1.26 bits per heavy atom. The number of nitrogens with one attached hydrogen (secondary N) is 2. The number of fused-ring (bicyclic) bond motifs is 1. The van der Waals surface area contributed by atoms with E-state index in [9.17, 15) is 14.7 Å². The summed E-state index contributed by atoms with van der Waals surface area (Å²) in [5, 5.41) is 13.2. The third kappa shape index (κ3) is 5.99. The number of hydrogen-bond donors (Lipinski definition) is 3. The molecular formula is C27H33N4O3+. The lowest BCUT2D eigenvalue weighted by atomic mass is 10.0. The zero-order chi connectivity index (χ0) is 24.9. The molecule has 1 aromatic carbocycles. The Labute approximate surface area is 199 Å². The Hall–Kier alpha value is -3.71. The number of rotatable bonds is 8. The number of nitrogens with zero attached hydrogens (tertiary/aromatic N) is 1. The van der Waals surface area contributed by atoms with Gasteiger partial charge in [-0.25, -0.2) is 4.98 Å². The molecule has 178 valence electrons. The summed E-state index contributed by atoms with van der Waals surface area (Å²) in [6.45, 7) is 7.97. The first kappa shape index (κ1) is 24.9. The van der Waals surface area contributed by atoms with Gasteiger partial charge in [0, 0.05) is 12.7 Å². The zero-order valence-corrected chi connectivity index (χ0v) is 20.1. The van der Waals surface area contributed by atoms with Gasteiger partial charge >= 0.3 is 0 Å². The number of carbonyl (C=O) groups is 1. The second kappa shape index (κ2) is 10.5. The standard InChI is InChI=1S/C27H32N4O3/c1-18(2)16-30-26(33)23-17-31(25-22(24(23)32)11-7-13-29-25)21-10-5-8-19(14-21)20(15-28)9-6-12-27(3,4)34/h5-11,13-15,17-18,34H,12,16,28H2,1-4H3,(H,30,33)/p+1. The first-order valence-electron chi connectivity index (χ1n) is 11.4. The highest BCUT2D eigenvalue weighted by atomic mass is 16.3. The van der Waals surface area contributed by atoms with Crippen LogP contribution < -0.4 is 21.5 Å². The molecule has 34 heavy (non-hydrogen) atoms. The molecule has 0 radical (unpaired) electrons. The lowest BCUT2D eigenvalue weighted by Crippen LogP contribution is -2.33. The lowest BCUT2D eigenvalue weighted by Gasteiger charge is -2.13. The second-order valence-corrected chi connectivity index (χ2v) is 9.37. The largest absolute Gasteiger partial charge is 0.404 e. The number of pyridine rings is 2. The van der Waals surface area contributed by atoms with Gasteiger partial charge < -0.3 is 16.2 Å². The van der Waals surface area contributed by atoms with E-state index in [2.05, 4.69) is 10.3 Å². The molecular weight excluding hydrogens is 428 g/mol. The van der Waals surface area contributed by atoms with Gasteiger partial charge in [0.25, 0.3) is 11.6 Å². The number of allylic oxidation sites excluding steroid dienone is 2. The minimum atomic E-state index is -0.810. The fourth-order valence-corrected chi connectivity index (χ4v) is 3.52. The van der Waals surface area contributed by atoms with Crippen LogP contribution in [0.25, 0.3) is 22.3 Å². The Morgan fingerprint density at radius 3 is 2.71 bits per heavy atom. The van der Waals surface area contributed by atoms with Crippen LogP contribution in [0.4, 0.5) is 0 Å². The number of aromatic amines is 1. The third-order valence-electron chi connectivity index (χ3n) is 5.29. The number of aliphatic hydroxyl groups is 1. The molecule has 0 fully saturated rings. The number of carbonyl (C=O) groups excluding carboxylic acids is 1. The molecule has 7 nitrogen and oxygen atoms in total. The summed E-state index contributed by atoms with van der Waals surface area (Å²) in [6, 6.07) is 11.1. The van der Waals surface area contributed by atoms with E-state index in [4.69, 9.17) is 5.73 Å². The Kier molecular flexibility index (Phi) is 7.68. The van der Waals surface area contributed by atoms with Crippen LogP contribution in [-0.4, -0.2) is 27.7 Å². The highest BCUT2D eigenvalue weighted by molar-refractivity contribution is 5.96. The zero-order valence-electron chi connectivity index (χ0n) is 20.1. The summed E-state index contributed by atoms with van der Waals surface area (Å²) in [5.74, 6) is -0.131. The van der Waals surface area contributed by atoms with Crippen molar-refractivity contribution in [2.24, 2.45) is 11.7 Å². The molecule has 0 saturated carbocycles. The molecule has 0 aliphatic rings. The maximum absolute atomic E-state index is 13.1. The normalized spacial score (nSPS) is 12.6. The van der Waals surface area contributed by atoms with Crippen LogP contribution in [0.1, 0.15) is 50.0 Å². The molecule has 2 aromatic heterocycles. The molecule has 0 aliphatic heterocycles. The van der Waals surface area contributed by atoms with Crippen LogP contribution in [0.3, 0.4) is 0 Å². The fourth-order valence-electron chi connectivity index (χ4n) is 3.52. The minimum absolute atomic E-state index is 0.0813. The quantitative estimate of drug-likeness (QED) is 0.447. The lowest BCUT2D eigenvalue weighted by molar-refractivity contribution is -0.348. The fraction of sp³-hybridized carbons (Fsp3) is 0.296. The average Bonchev–Trinajstić information content (AvgIpc) is 2.80. The first-order valence-corrected chi connectivity index (χ1v) is 11.4. The van der Waals surface area contributed by atoms with Gasteiger partial charge in [-0.2, -0.15) is 4.57 Å². The van der Waals surface area contributed by atoms with Crippen LogP contribution in [0.5, 0.6) is 0 Å². The summed E-state index contributed by atoms with van der Waals surface area (Å²) in [6.07, 6.45) is 9.07. The van der Waals surface area contributed by atoms with Gasteiger partial charge in [-0.05, 0) is 61.6 Å². The van der Waals surface area contributed by atoms with Crippen LogP contribution in [0.2, 0.25) is 0 Å². The van der Waals surface area contributed by atoms with Crippen molar-refractivity contribution >= 4 is 22.5 Å². The third-order valence-corrected chi connectivity index (χ3v) is 5.29. The van der Waals surface area contributed by atoms with E-state index in [-0.39, 0.29) is 16.9 Å². The van der Waals surface area contributed by atoms with Gasteiger partial charge in [0.05, 0.1) is 11.8 Å². The number of hydrogen-bond acceptors (Lipinski definition) is 4. The van der Waals surface area contributed by atoms with Crippen molar-refractivity contribution in [1.29, 1.82) is 0 Å². The molecule has 3 aromatic rings. The van der Waals surface area contributed by atoms with Crippen molar-refractivity contribution in [3.8, 4) is 5.69 Å². The molecule has 3 rings (SSSR count). The molecule has 0 spiro atoms. The van der Waals surface area contributed by atoms with E-state index in [1.807, 2.05) is 50.3 Å². The van der Waals surface area contributed by atoms with Gasteiger partial charge in [0.15, 0.2) is 0 Å². The minimum Gasteiger partial charge on any atom is -0.404 e. The van der Waals surface area contributed by atoms with Crippen LogP contribution in [0, 0.1) is 5.92 Å². The van der Waals surface area contributed by atoms with Gasteiger partial charge in [0.2, 0.25) is 5.43 Å². The topological polar surface area (TPSA) is 111 Å². The molecule has 5 N–H and O–H groups in total. The molecule has 0 bridgehead atoms. The van der Waals surface area contributed by atoms with E-state index >= 15 is 0 Å². The molecule has 1 amide bonds. The van der Waals surface area contributed by atoms with Crippen LogP contribution in [0.15, 0.2) is 71.9 Å². The molecule has 0 saturated heterocycles. The van der Waals surface area contributed by atoms with E-state index in [0.29, 0.717) is 24.0 Å². The Bertz CT molecular complexity index is 1300. The molecule has 0 unspecified atom stereocenters. The maximum Gasteiger partial charge on any atom is 0.295 e. The van der Waals surface area contributed by atoms with E-state index in [1.165, 1.54) is 6.20 Å². The van der Waals surface area contributed by atoms with Gasteiger partial charge in [0.1, 0.15) is 22.8 Å². The monoisotopic (exact) mass is 461 g/mol. The highest BCUT2D eigenvalue weighted by Gasteiger charge is 2.21. The van der Waals surface area contributed by atoms with Crippen molar-refractivity contribution in [2.45, 2.75) is 39.7 Å². The summed E-state index contributed by atoms with van der Waals surface area (Å²) < 4.78 is 1.80. The van der Waals surface area contributed by atoms with Crippen molar-refractivity contribution < 1.29 is 14.9 Å². The molecule has 2 heterocycles. The van der Waals surface area contributed by atoms with Crippen molar-refractivity contribution in [3.63, 3.8) is 0 Å². The number of aromatic nitrogens is 2. The van der Waals surface area contributed by atoms with Gasteiger partial charge in [-0.3, -0.25) is 9.59 Å². The number of amides is 1. The summed E-state index contributed by atoms with van der Waals surface area (Å²) in [4.78, 5) is 29.0. The predicted molar refractivity (Wildman–Crippen MR) is 135 cm³/mol. The van der Waals surface area contributed by atoms with E-state index < -0.39 is 11.5 Å². The van der Waals surface area contributed by atoms with E-state index in [1.54, 1.807) is 42.9 Å². The van der Waals surface area contributed by atoms with Crippen molar-refractivity contribution in [2.75, 3.05) is 6.54 Å². The number of nitrogens with two attached hydrogens (primary N) is 1. The molecule has 7 heteroatoms. The summed E-state index contributed by atoms with van der Waals surface area (Å²) in [5.41, 5.74) is 7.84. The summed E-state index contributed by atoms with van der Waals surface area (Å²) >= 11 is 0. The second-order valence-electron chi connectivity index (χ2n) is 9.37. The predicted octanol–water partition coefficient (Wildman–Crippen LogP) is 3.21. The first-order chi connectivity index (χ1) is 16.1. The smallest absolute Gasteiger partial charge is 0.295 e.